The van der Waals surface area contributed by atoms with Crippen LogP contribution in [0.1, 0.15) is 56.5 Å². The summed E-state index contributed by atoms with van der Waals surface area (Å²) in [7, 11) is 0. The van der Waals surface area contributed by atoms with Gasteiger partial charge in [0.05, 0.1) is 6.61 Å². The molecule has 0 aliphatic rings. The number of carbonyl (C=O) groups is 1. The van der Waals surface area contributed by atoms with Crippen molar-refractivity contribution in [3.63, 3.8) is 0 Å². The van der Waals surface area contributed by atoms with Gasteiger partial charge in [0.1, 0.15) is 5.75 Å². The molecule has 1 rings (SSSR count). The minimum atomic E-state index is 0.00338. The molecule has 1 N–H and O–H groups in total. The van der Waals surface area contributed by atoms with Crippen molar-refractivity contribution in [3.8, 4) is 5.75 Å². The lowest BCUT2D eigenvalue weighted by Gasteiger charge is -2.19. The largest absolute Gasteiger partial charge is 0.494 e. The molecule has 1 atom stereocenters. The topological polar surface area (TPSA) is 38.3 Å². The molecule has 0 saturated carbocycles. The van der Waals surface area contributed by atoms with Crippen molar-refractivity contribution in [2.24, 2.45) is 5.92 Å². The van der Waals surface area contributed by atoms with Crippen LogP contribution in [0.15, 0.2) is 18.2 Å². The molecule has 0 aliphatic carbocycles. The standard InChI is InChI=1S/C17H27NO2/c1-6-15(10-12(3)4)18-17(19)14-8-9-16(20-7-2)13(5)11-14/h8-9,11-12,15H,6-7,10H2,1-5H3,(H,18,19). The number of hydrogen-bond acceptors (Lipinski definition) is 2. The van der Waals surface area contributed by atoms with Gasteiger partial charge in [0, 0.05) is 11.6 Å². The van der Waals surface area contributed by atoms with Gasteiger partial charge in [-0.05, 0) is 56.4 Å². The third kappa shape index (κ3) is 4.87. The van der Waals surface area contributed by atoms with E-state index >= 15 is 0 Å². The highest BCUT2D eigenvalue weighted by Gasteiger charge is 2.14. The first-order chi connectivity index (χ1) is 9.47. The average Bonchev–Trinajstić information content (AvgIpc) is 2.39. The van der Waals surface area contributed by atoms with Crippen molar-refractivity contribution < 1.29 is 9.53 Å². The van der Waals surface area contributed by atoms with Crippen LogP contribution in [0.3, 0.4) is 0 Å². The quantitative estimate of drug-likeness (QED) is 0.819. The second-order valence-corrected chi connectivity index (χ2v) is 5.62. The van der Waals surface area contributed by atoms with E-state index < -0.39 is 0 Å². The molecule has 0 aliphatic heterocycles. The predicted molar refractivity (Wildman–Crippen MR) is 83.3 cm³/mol. The highest BCUT2D eigenvalue weighted by molar-refractivity contribution is 5.94. The number of ether oxygens (including phenoxy) is 1. The van der Waals surface area contributed by atoms with Crippen molar-refractivity contribution in [1.82, 2.24) is 5.32 Å². The van der Waals surface area contributed by atoms with E-state index in [2.05, 4.69) is 26.1 Å². The number of carbonyl (C=O) groups excluding carboxylic acids is 1. The van der Waals surface area contributed by atoms with Crippen molar-refractivity contribution in [2.75, 3.05) is 6.61 Å². The molecule has 1 aromatic carbocycles. The lowest BCUT2D eigenvalue weighted by Crippen LogP contribution is -2.35. The zero-order valence-corrected chi connectivity index (χ0v) is 13.3. The zero-order chi connectivity index (χ0) is 15.1. The van der Waals surface area contributed by atoms with Gasteiger partial charge in [-0.3, -0.25) is 4.79 Å². The molecule has 0 fully saturated rings. The summed E-state index contributed by atoms with van der Waals surface area (Å²) < 4.78 is 5.49. The lowest BCUT2D eigenvalue weighted by atomic mass is 10.0. The Hall–Kier alpha value is -1.51. The number of benzene rings is 1. The van der Waals surface area contributed by atoms with Gasteiger partial charge < -0.3 is 10.1 Å². The van der Waals surface area contributed by atoms with Crippen molar-refractivity contribution >= 4 is 5.91 Å². The minimum absolute atomic E-state index is 0.00338. The molecular formula is C17H27NO2. The summed E-state index contributed by atoms with van der Waals surface area (Å²) >= 11 is 0. The Labute approximate surface area is 122 Å². The van der Waals surface area contributed by atoms with E-state index in [1.54, 1.807) is 0 Å². The molecule has 0 radical (unpaired) electrons. The maximum Gasteiger partial charge on any atom is 0.251 e. The van der Waals surface area contributed by atoms with Crippen LogP contribution in [-0.4, -0.2) is 18.6 Å². The molecule has 3 heteroatoms. The Morgan fingerprint density at radius 3 is 2.50 bits per heavy atom. The van der Waals surface area contributed by atoms with E-state index in [1.807, 2.05) is 32.0 Å². The van der Waals surface area contributed by atoms with E-state index in [1.165, 1.54) is 0 Å². The summed E-state index contributed by atoms with van der Waals surface area (Å²) in [4.78, 5) is 12.3. The van der Waals surface area contributed by atoms with Crippen LogP contribution in [0.5, 0.6) is 5.75 Å². The van der Waals surface area contributed by atoms with Gasteiger partial charge in [0.2, 0.25) is 0 Å². The average molecular weight is 277 g/mol. The highest BCUT2D eigenvalue weighted by Crippen LogP contribution is 2.19. The maximum atomic E-state index is 12.3. The maximum absolute atomic E-state index is 12.3. The zero-order valence-electron chi connectivity index (χ0n) is 13.3. The lowest BCUT2D eigenvalue weighted by molar-refractivity contribution is 0.0931. The van der Waals surface area contributed by atoms with Gasteiger partial charge in [0.25, 0.3) is 5.91 Å². The smallest absolute Gasteiger partial charge is 0.251 e. The molecule has 112 valence electrons. The van der Waals surface area contributed by atoms with E-state index in [-0.39, 0.29) is 11.9 Å². The van der Waals surface area contributed by atoms with E-state index in [0.717, 1.165) is 24.2 Å². The summed E-state index contributed by atoms with van der Waals surface area (Å²) in [5.41, 5.74) is 1.70. The van der Waals surface area contributed by atoms with Crippen molar-refractivity contribution in [2.45, 2.75) is 53.5 Å². The van der Waals surface area contributed by atoms with Crippen LogP contribution in [0, 0.1) is 12.8 Å². The van der Waals surface area contributed by atoms with E-state index in [9.17, 15) is 4.79 Å². The molecule has 3 nitrogen and oxygen atoms in total. The molecule has 0 saturated heterocycles. The van der Waals surface area contributed by atoms with Crippen LogP contribution in [0.4, 0.5) is 0 Å². The monoisotopic (exact) mass is 277 g/mol. The molecule has 1 amide bonds. The van der Waals surface area contributed by atoms with Gasteiger partial charge in [0.15, 0.2) is 0 Å². The van der Waals surface area contributed by atoms with Gasteiger partial charge in [-0.25, -0.2) is 0 Å². The number of rotatable bonds is 7. The van der Waals surface area contributed by atoms with Crippen LogP contribution < -0.4 is 10.1 Å². The number of aryl methyl sites for hydroxylation is 1. The fourth-order valence-corrected chi connectivity index (χ4v) is 2.27. The molecule has 0 bridgehead atoms. The van der Waals surface area contributed by atoms with E-state index in [0.29, 0.717) is 18.1 Å². The third-order valence-electron chi connectivity index (χ3n) is 3.32. The number of nitrogens with one attached hydrogen (secondary N) is 1. The summed E-state index contributed by atoms with van der Waals surface area (Å²) in [5.74, 6) is 1.43. The Balaban J connectivity index is 2.74. The Morgan fingerprint density at radius 1 is 1.30 bits per heavy atom. The second-order valence-electron chi connectivity index (χ2n) is 5.62. The molecule has 0 heterocycles. The predicted octanol–water partition coefficient (Wildman–Crippen LogP) is 3.95. The van der Waals surface area contributed by atoms with Crippen molar-refractivity contribution in [3.05, 3.63) is 29.3 Å². The van der Waals surface area contributed by atoms with E-state index in [4.69, 9.17) is 4.74 Å². The van der Waals surface area contributed by atoms with Gasteiger partial charge in [-0.15, -0.1) is 0 Å². The summed E-state index contributed by atoms with van der Waals surface area (Å²) in [6.07, 6.45) is 1.97. The summed E-state index contributed by atoms with van der Waals surface area (Å²) in [5, 5.41) is 3.11. The molecule has 0 spiro atoms. The number of hydrogen-bond donors (Lipinski definition) is 1. The van der Waals surface area contributed by atoms with Crippen LogP contribution in [-0.2, 0) is 0 Å². The second kappa shape index (κ2) is 7.93. The number of amides is 1. The highest BCUT2D eigenvalue weighted by atomic mass is 16.5. The molecular weight excluding hydrogens is 250 g/mol. The van der Waals surface area contributed by atoms with Gasteiger partial charge in [-0.2, -0.15) is 0 Å². The van der Waals surface area contributed by atoms with Gasteiger partial charge in [-0.1, -0.05) is 20.8 Å². The fraction of sp³-hybridized carbons (Fsp3) is 0.588. The summed E-state index contributed by atoms with van der Waals surface area (Å²) in [6.45, 7) is 11.0. The molecule has 20 heavy (non-hydrogen) atoms. The molecule has 0 aromatic heterocycles. The van der Waals surface area contributed by atoms with Crippen molar-refractivity contribution in [1.29, 1.82) is 0 Å². The first-order valence-electron chi connectivity index (χ1n) is 7.52. The molecule has 1 aromatic rings. The summed E-state index contributed by atoms with van der Waals surface area (Å²) in [6, 6.07) is 5.84. The Morgan fingerprint density at radius 2 is 2.00 bits per heavy atom. The first-order valence-corrected chi connectivity index (χ1v) is 7.52. The third-order valence-corrected chi connectivity index (χ3v) is 3.32. The fourth-order valence-electron chi connectivity index (χ4n) is 2.27. The van der Waals surface area contributed by atoms with Crippen LogP contribution in [0.2, 0.25) is 0 Å². The minimum Gasteiger partial charge on any atom is -0.494 e. The first kappa shape index (κ1) is 16.5. The van der Waals surface area contributed by atoms with Crippen LogP contribution in [0.25, 0.3) is 0 Å². The normalized spacial score (nSPS) is 12.3. The SMILES string of the molecule is CCOc1ccc(C(=O)NC(CC)CC(C)C)cc1C. The Bertz CT molecular complexity index is 441. The Kier molecular flexibility index (Phi) is 6.56. The van der Waals surface area contributed by atoms with Gasteiger partial charge >= 0.3 is 0 Å². The molecule has 1 unspecified atom stereocenters. The van der Waals surface area contributed by atoms with Crippen LogP contribution >= 0.6 is 0 Å².